The number of aliphatic hydroxyl groups excluding tert-OH is 2. The molecule has 1 aliphatic rings. The molecule has 1 saturated heterocycles. The summed E-state index contributed by atoms with van der Waals surface area (Å²) in [7, 11) is 0. The highest BCUT2D eigenvalue weighted by Crippen LogP contribution is 2.30. The number of rotatable bonds is 6. The van der Waals surface area contributed by atoms with Gasteiger partial charge in [-0.2, -0.15) is 0 Å². The lowest BCUT2D eigenvalue weighted by Gasteiger charge is -2.28. The van der Waals surface area contributed by atoms with Crippen LogP contribution in [0.2, 0.25) is 0 Å². The molecule has 4 nitrogen and oxygen atoms in total. The smallest absolute Gasteiger partial charge is 0.132 e. The van der Waals surface area contributed by atoms with Crippen LogP contribution in [0, 0.1) is 11.6 Å². The molecule has 1 aliphatic heterocycles. The standard InChI is InChI=1S/C18H21F2NO3/c19-13-5-1-6-14(20)18(13)16(23)11-21-8-2-4-12(21)10-15(22)17-7-3-9-24-17/h1,3,5-7,9,12,15-16,22-23H,2,4,8,10-11H2. The van der Waals surface area contributed by atoms with Crippen molar-refractivity contribution in [1.29, 1.82) is 0 Å². The molecule has 3 atom stereocenters. The predicted octanol–water partition coefficient (Wildman–Crippen LogP) is 3.18. The van der Waals surface area contributed by atoms with E-state index < -0.39 is 23.8 Å². The first kappa shape index (κ1) is 17.1. The molecule has 0 aliphatic carbocycles. The molecule has 130 valence electrons. The van der Waals surface area contributed by atoms with Crippen LogP contribution in [0.25, 0.3) is 0 Å². The first-order valence-corrected chi connectivity index (χ1v) is 8.13. The van der Waals surface area contributed by atoms with Gasteiger partial charge < -0.3 is 14.6 Å². The molecule has 0 radical (unpaired) electrons. The van der Waals surface area contributed by atoms with E-state index in [1.165, 1.54) is 12.3 Å². The Morgan fingerprint density at radius 2 is 1.88 bits per heavy atom. The van der Waals surface area contributed by atoms with Crippen LogP contribution >= 0.6 is 0 Å². The highest BCUT2D eigenvalue weighted by Gasteiger charge is 2.30. The van der Waals surface area contributed by atoms with Gasteiger partial charge in [0.15, 0.2) is 0 Å². The molecule has 24 heavy (non-hydrogen) atoms. The average molecular weight is 337 g/mol. The maximum atomic E-state index is 13.8. The fourth-order valence-electron chi connectivity index (χ4n) is 3.40. The number of likely N-dealkylation sites (tertiary alicyclic amines) is 1. The second-order valence-corrected chi connectivity index (χ2v) is 6.21. The van der Waals surface area contributed by atoms with E-state index in [9.17, 15) is 19.0 Å². The summed E-state index contributed by atoms with van der Waals surface area (Å²) in [6, 6.07) is 7.03. The van der Waals surface area contributed by atoms with E-state index >= 15 is 0 Å². The molecule has 6 heteroatoms. The number of β-amino-alcohol motifs (C(OH)–C–C–N with tert-alkyl or cyclic N) is 1. The van der Waals surface area contributed by atoms with Gasteiger partial charge in [-0.05, 0) is 50.1 Å². The fourth-order valence-corrected chi connectivity index (χ4v) is 3.40. The van der Waals surface area contributed by atoms with Gasteiger partial charge in [-0.25, -0.2) is 8.78 Å². The number of furan rings is 1. The summed E-state index contributed by atoms with van der Waals surface area (Å²) in [5.74, 6) is -0.981. The van der Waals surface area contributed by atoms with Crippen LogP contribution in [0.1, 0.15) is 42.8 Å². The highest BCUT2D eigenvalue weighted by atomic mass is 19.1. The second kappa shape index (κ2) is 7.42. The number of hydrogen-bond donors (Lipinski definition) is 2. The van der Waals surface area contributed by atoms with Crippen molar-refractivity contribution in [2.75, 3.05) is 13.1 Å². The van der Waals surface area contributed by atoms with Crippen LogP contribution in [-0.4, -0.2) is 34.2 Å². The van der Waals surface area contributed by atoms with Crippen LogP contribution in [0.4, 0.5) is 8.78 Å². The van der Waals surface area contributed by atoms with Gasteiger partial charge in [0.05, 0.1) is 17.9 Å². The summed E-state index contributed by atoms with van der Waals surface area (Å²) in [5.41, 5.74) is -0.297. The third-order valence-corrected chi connectivity index (χ3v) is 4.61. The fraction of sp³-hybridized carbons (Fsp3) is 0.444. The van der Waals surface area contributed by atoms with Crippen LogP contribution in [0.15, 0.2) is 41.0 Å². The quantitative estimate of drug-likeness (QED) is 0.850. The highest BCUT2D eigenvalue weighted by molar-refractivity contribution is 5.22. The van der Waals surface area contributed by atoms with Crippen molar-refractivity contribution < 1.29 is 23.4 Å². The number of halogens is 2. The van der Waals surface area contributed by atoms with Crippen LogP contribution in [0.5, 0.6) is 0 Å². The van der Waals surface area contributed by atoms with Crippen LogP contribution in [0.3, 0.4) is 0 Å². The average Bonchev–Trinajstić information content (AvgIpc) is 3.19. The zero-order valence-corrected chi connectivity index (χ0v) is 13.2. The summed E-state index contributed by atoms with van der Waals surface area (Å²) >= 11 is 0. The minimum atomic E-state index is -1.24. The van der Waals surface area contributed by atoms with E-state index in [4.69, 9.17) is 4.42 Å². The summed E-state index contributed by atoms with van der Waals surface area (Å²) in [6.07, 6.45) is 1.78. The van der Waals surface area contributed by atoms with E-state index in [-0.39, 0.29) is 18.2 Å². The number of nitrogens with zero attached hydrogens (tertiary/aromatic N) is 1. The number of aliphatic hydroxyl groups is 2. The van der Waals surface area contributed by atoms with Gasteiger partial charge in [0.1, 0.15) is 23.5 Å². The van der Waals surface area contributed by atoms with Gasteiger partial charge >= 0.3 is 0 Å². The lowest BCUT2D eigenvalue weighted by molar-refractivity contribution is 0.0681. The molecular weight excluding hydrogens is 316 g/mol. The Kier molecular flexibility index (Phi) is 5.28. The molecule has 1 fully saturated rings. The first-order chi connectivity index (χ1) is 11.6. The van der Waals surface area contributed by atoms with Gasteiger partial charge in [0.25, 0.3) is 0 Å². The van der Waals surface area contributed by atoms with Crippen LogP contribution < -0.4 is 0 Å². The van der Waals surface area contributed by atoms with Gasteiger partial charge in [0.2, 0.25) is 0 Å². The molecule has 2 heterocycles. The maximum absolute atomic E-state index is 13.8. The Hall–Kier alpha value is -1.76. The Labute approximate surface area is 139 Å². The van der Waals surface area contributed by atoms with Gasteiger partial charge in [-0.3, -0.25) is 4.90 Å². The van der Waals surface area contributed by atoms with Gasteiger partial charge in [-0.1, -0.05) is 6.07 Å². The van der Waals surface area contributed by atoms with E-state index in [0.717, 1.165) is 31.5 Å². The summed E-state index contributed by atoms with van der Waals surface area (Å²) in [4.78, 5) is 1.97. The zero-order valence-electron chi connectivity index (χ0n) is 13.2. The predicted molar refractivity (Wildman–Crippen MR) is 84.2 cm³/mol. The Bertz CT molecular complexity index is 642. The van der Waals surface area contributed by atoms with Crippen molar-refractivity contribution in [3.8, 4) is 0 Å². The first-order valence-electron chi connectivity index (χ1n) is 8.13. The largest absolute Gasteiger partial charge is 0.467 e. The van der Waals surface area contributed by atoms with Crippen molar-refractivity contribution in [3.63, 3.8) is 0 Å². The molecule has 0 amide bonds. The topological polar surface area (TPSA) is 56.8 Å². The SMILES string of the molecule is OC(CC1CCCN1CC(O)c1c(F)cccc1F)c1ccco1. The van der Waals surface area contributed by atoms with Crippen molar-refractivity contribution in [3.05, 3.63) is 59.6 Å². The minimum Gasteiger partial charge on any atom is -0.467 e. The van der Waals surface area contributed by atoms with Gasteiger partial charge in [-0.15, -0.1) is 0 Å². The van der Waals surface area contributed by atoms with E-state index in [1.54, 1.807) is 12.1 Å². The molecule has 0 bridgehead atoms. The van der Waals surface area contributed by atoms with Crippen molar-refractivity contribution in [2.45, 2.75) is 37.5 Å². The summed E-state index contributed by atoms with van der Waals surface area (Å²) < 4.78 is 32.8. The Balaban J connectivity index is 1.65. The van der Waals surface area contributed by atoms with Gasteiger partial charge in [0, 0.05) is 12.6 Å². The molecule has 1 aromatic heterocycles. The Morgan fingerprint density at radius 1 is 1.12 bits per heavy atom. The molecular formula is C18H21F2NO3. The van der Waals surface area contributed by atoms with Crippen LogP contribution in [-0.2, 0) is 0 Å². The second-order valence-electron chi connectivity index (χ2n) is 6.21. The zero-order chi connectivity index (χ0) is 17.1. The lowest BCUT2D eigenvalue weighted by Crippen LogP contribution is -2.34. The molecule has 1 aromatic carbocycles. The molecule has 0 saturated carbocycles. The monoisotopic (exact) mass is 337 g/mol. The summed E-state index contributed by atoms with van der Waals surface area (Å²) in [5, 5.41) is 20.5. The third-order valence-electron chi connectivity index (χ3n) is 4.61. The summed E-state index contributed by atoms with van der Waals surface area (Å²) in [6.45, 7) is 0.857. The minimum absolute atomic E-state index is 0.0367. The number of hydrogen-bond acceptors (Lipinski definition) is 4. The van der Waals surface area contributed by atoms with Crippen molar-refractivity contribution >= 4 is 0 Å². The van der Waals surface area contributed by atoms with Crippen molar-refractivity contribution in [1.82, 2.24) is 4.90 Å². The lowest BCUT2D eigenvalue weighted by atomic mass is 10.0. The molecule has 2 aromatic rings. The molecule has 2 N–H and O–H groups in total. The van der Waals surface area contributed by atoms with Crippen molar-refractivity contribution in [2.24, 2.45) is 0 Å². The molecule has 0 spiro atoms. The molecule has 3 rings (SSSR count). The molecule has 3 unspecified atom stereocenters. The third kappa shape index (κ3) is 3.66. The maximum Gasteiger partial charge on any atom is 0.132 e. The van der Waals surface area contributed by atoms with E-state index in [2.05, 4.69) is 0 Å². The van der Waals surface area contributed by atoms with E-state index in [1.807, 2.05) is 4.90 Å². The normalized spacial score (nSPS) is 21.1. The number of benzene rings is 1. The van der Waals surface area contributed by atoms with E-state index in [0.29, 0.717) is 12.2 Å². The Morgan fingerprint density at radius 3 is 2.54 bits per heavy atom.